The molecule has 1 aliphatic rings. The second-order valence-electron chi connectivity index (χ2n) is 5.75. The molecule has 1 aliphatic heterocycles. The van der Waals surface area contributed by atoms with E-state index in [0.29, 0.717) is 23.6 Å². The summed E-state index contributed by atoms with van der Waals surface area (Å²) in [6.07, 6.45) is 0.262. The lowest BCUT2D eigenvalue weighted by atomic mass is 10.1. The lowest BCUT2D eigenvalue weighted by Crippen LogP contribution is -2.37. The monoisotopic (exact) mass is 340 g/mol. The number of rotatable bonds is 5. The molecule has 0 saturated carbocycles. The molecule has 2 amide bonds. The van der Waals surface area contributed by atoms with Crippen molar-refractivity contribution >= 4 is 17.5 Å². The molecule has 1 saturated heterocycles. The lowest BCUT2D eigenvalue weighted by Gasteiger charge is -2.18. The summed E-state index contributed by atoms with van der Waals surface area (Å²) < 4.78 is 10.5. The Balaban J connectivity index is 1.76. The average Bonchev–Trinajstić information content (AvgIpc) is 3.01. The van der Waals surface area contributed by atoms with Gasteiger partial charge in [-0.2, -0.15) is 0 Å². The van der Waals surface area contributed by atoms with Gasteiger partial charge in [-0.3, -0.25) is 9.59 Å². The highest BCUT2D eigenvalue weighted by atomic mass is 16.5. The van der Waals surface area contributed by atoms with Gasteiger partial charge in [-0.25, -0.2) is 0 Å². The Morgan fingerprint density at radius 3 is 2.28 bits per heavy atom. The summed E-state index contributed by atoms with van der Waals surface area (Å²) in [6.45, 7) is 0.437. The first-order valence-electron chi connectivity index (χ1n) is 8.01. The van der Waals surface area contributed by atoms with Gasteiger partial charge in [-0.15, -0.1) is 0 Å². The summed E-state index contributed by atoms with van der Waals surface area (Å²) in [6, 6.07) is 14.3. The van der Waals surface area contributed by atoms with E-state index in [-0.39, 0.29) is 24.3 Å². The van der Waals surface area contributed by atoms with E-state index in [1.54, 1.807) is 23.1 Å². The second kappa shape index (κ2) is 7.25. The Kier molecular flexibility index (Phi) is 4.88. The van der Waals surface area contributed by atoms with Crippen molar-refractivity contribution in [2.75, 3.05) is 25.7 Å². The minimum absolute atomic E-state index is 0.0107. The predicted molar refractivity (Wildman–Crippen MR) is 94.2 cm³/mol. The lowest BCUT2D eigenvalue weighted by molar-refractivity contribution is -0.117. The Bertz CT molecular complexity index is 754. The molecule has 25 heavy (non-hydrogen) atoms. The molecule has 0 bridgehead atoms. The smallest absolute Gasteiger partial charge is 0.259 e. The molecule has 0 radical (unpaired) electrons. The maximum atomic E-state index is 12.7. The number of nitrogens with one attached hydrogen (secondary N) is 1. The van der Waals surface area contributed by atoms with Crippen LogP contribution in [0.2, 0.25) is 0 Å². The average molecular weight is 340 g/mol. The van der Waals surface area contributed by atoms with Gasteiger partial charge in [0.15, 0.2) is 0 Å². The summed E-state index contributed by atoms with van der Waals surface area (Å²) in [5, 5.41) is 2.91. The van der Waals surface area contributed by atoms with E-state index in [1.165, 1.54) is 14.2 Å². The summed E-state index contributed by atoms with van der Waals surface area (Å²) in [4.78, 5) is 26.7. The molecule has 0 aromatic heterocycles. The second-order valence-corrected chi connectivity index (χ2v) is 5.75. The van der Waals surface area contributed by atoms with Gasteiger partial charge >= 0.3 is 0 Å². The largest absolute Gasteiger partial charge is 0.496 e. The fraction of sp³-hybridized carbons (Fsp3) is 0.263. The molecule has 1 N–H and O–H groups in total. The summed E-state index contributed by atoms with van der Waals surface area (Å²) in [5.41, 5.74) is 1.16. The molecule has 1 atom stereocenters. The van der Waals surface area contributed by atoms with Crippen molar-refractivity contribution in [3.63, 3.8) is 0 Å². The number of carbonyl (C=O) groups excluding carboxylic acids is 2. The van der Waals surface area contributed by atoms with Crippen LogP contribution in [0.5, 0.6) is 11.5 Å². The van der Waals surface area contributed by atoms with Crippen LogP contribution in [0.1, 0.15) is 16.8 Å². The molecule has 0 aliphatic carbocycles. The number of amides is 2. The Morgan fingerprint density at radius 2 is 1.68 bits per heavy atom. The van der Waals surface area contributed by atoms with Gasteiger partial charge in [0.25, 0.3) is 5.91 Å². The number of carbonyl (C=O) groups is 2. The zero-order valence-corrected chi connectivity index (χ0v) is 14.2. The van der Waals surface area contributed by atoms with E-state index in [2.05, 4.69) is 5.32 Å². The van der Waals surface area contributed by atoms with E-state index >= 15 is 0 Å². The normalized spacial score (nSPS) is 16.6. The third-order valence-electron chi connectivity index (χ3n) is 4.18. The van der Waals surface area contributed by atoms with Crippen LogP contribution in [0.15, 0.2) is 48.5 Å². The van der Waals surface area contributed by atoms with Crippen molar-refractivity contribution in [2.45, 2.75) is 12.5 Å². The van der Waals surface area contributed by atoms with Gasteiger partial charge in [0.1, 0.15) is 17.1 Å². The highest BCUT2D eigenvalue weighted by Crippen LogP contribution is 2.29. The van der Waals surface area contributed by atoms with Crippen molar-refractivity contribution < 1.29 is 19.1 Å². The van der Waals surface area contributed by atoms with E-state index in [4.69, 9.17) is 9.47 Å². The van der Waals surface area contributed by atoms with Crippen LogP contribution in [0, 0.1) is 0 Å². The van der Waals surface area contributed by atoms with Crippen LogP contribution in [-0.4, -0.2) is 38.6 Å². The molecule has 130 valence electrons. The summed E-state index contributed by atoms with van der Waals surface area (Å²) >= 11 is 0. The van der Waals surface area contributed by atoms with Crippen LogP contribution in [0.4, 0.5) is 5.69 Å². The number of para-hydroxylation sites is 1. The molecule has 2 aromatic rings. The highest BCUT2D eigenvalue weighted by Gasteiger charge is 2.32. The number of methoxy groups -OCH3 is 2. The van der Waals surface area contributed by atoms with E-state index < -0.39 is 0 Å². The number of anilines is 1. The van der Waals surface area contributed by atoms with Crippen molar-refractivity contribution in [2.24, 2.45) is 0 Å². The molecule has 0 spiro atoms. The van der Waals surface area contributed by atoms with Crippen LogP contribution in [-0.2, 0) is 4.79 Å². The predicted octanol–water partition coefficient (Wildman–Crippen LogP) is 2.24. The molecule has 6 heteroatoms. The van der Waals surface area contributed by atoms with Gasteiger partial charge < -0.3 is 19.7 Å². The third kappa shape index (κ3) is 3.42. The van der Waals surface area contributed by atoms with Gasteiger partial charge in [0.2, 0.25) is 5.91 Å². The van der Waals surface area contributed by atoms with Crippen LogP contribution in [0.3, 0.4) is 0 Å². The Labute approximate surface area is 146 Å². The maximum absolute atomic E-state index is 12.7. The Morgan fingerprint density at radius 1 is 1.04 bits per heavy atom. The zero-order chi connectivity index (χ0) is 17.8. The van der Waals surface area contributed by atoms with Crippen molar-refractivity contribution in [1.82, 2.24) is 5.32 Å². The van der Waals surface area contributed by atoms with Crippen LogP contribution >= 0.6 is 0 Å². The van der Waals surface area contributed by atoms with Gasteiger partial charge in [-0.1, -0.05) is 24.3 Å². The molecular formula is C19H20N2O4. The first-order valence-corrected chi connectivity index (χ1v) is 8.01. The molecule has 3 rings (SSSR count). The van der Waals surface area contributed by atoms with E-state index in [1.807, 2.05) is 30.3 Å². The van der Waals surface area contributed by atoms with Gasteiger partial charge in [0, 0.05) is 18.7 Å². The molecule has 1 unspecified atom stereocenters. The molecular weight excluding hydrogens is 320 g/mol. The van der Waals surface area contributed by atoms with Crippen molar-refractivity contribution in [1.29, 1.82) is 0 Å². The quantitative estimate of drug-likeness (QED) is 0.906. The standard InChI is InChI=1S/C19H20N2O4/c1-24-15-9-6-10-16(25-2)18(15)19(23)20-13-11-17(22)21(12-13)14-7-4-3-5-8-14/h3-10,13H,11-12H2,1-2H3,(H,20,23). The van der Waals surface area contributed by atoms with E-state index in [9.17, 15) is 9.59 Å². The number of benzene rings is 2. The summed E-state index contributed by atoms with van der Waals surface area (Å²) in [7, 11) is 3.00. The van der Waals surface area contributed by atoms with Gasteiger partial charge in [0.05, 0.1) is 20.3 Å². The van der Waals surface area contributed by atoms with E-state index in [0.717, 1.165) is 5.69 Å². The Hall–Kier alpha value is -3.02. The SMILES string of the molecule is COc1cccc(OC)c1C(=O)NC1CC(=O)N(c2ccccc2)C1. The molecule has 1 fully saturated rings. The van der Waals surface area contributed by atoms with Crippen LogP contribution < -0.4 is 19.7 Å². The third-order valence-corrected chi connectivity index (χ3v) is 4.18. The fourth-order valence-corrected chi connectivity index (χ4v) is 2.99. The highest BCUT2D eigenvalue weighted by molar-refractivity contribution is 6.01. The zero-order valence-electron chi connectivity index (χ0n) is 14.2. The fourth-order valence-electron chi connectivity index (χ4n) is 2.99. The molecule has 2 aromatic carbocycles. The minimum atomic E-state index is -0.318. The topological polar surface area (TPSA) is 67.9 Å². The molecule has 6 nitrogen and oxygen atoms in total. The van der Waals surface area contributed by atoms with Crippen LogP contribution in [0.25, 0.3) is 0 Å². The first kappa shape index (κ1) is 16.8. The van der Waals surface area contributed by atoms with Crippen molar-refractivity contribution in [3.05, 3.63) is 54.1 Å². The molecule has 1 heterocycles. The minimum Gasteiger partial charge on any atom is -0.496 e. The first-order chi connectivity index (χ1) is 12.1. The van der Waals surface area contributed by atoms with Gasteiger partial charge in [-0.05, 0) is 24.3 Å². The number of ether oxygens (including phenoxy) is 2. The number of hydrogen-bond donors (Lipinski definition) is 1. The number of hydrogen-bond acceptors (Lipinski definition) is 4. The van der Waals surface area contributed by atoms with Crippen molar-refractivity contribution in [3.8, 4) is 11.5 Å². The summed E-state index contributed by atoms with van der Waals surface area (Å²) in [5.74, 6) is 0.535. The number of nitrogens with zero attached hydrogens (tertiary/aromatic N) is 1. The maximum Gasteiger partial charge on any atom is 0.259 e.